The molecule has 0 saturated heterocycles. The van der Waals surface area contributed by atoms with Gasteiger partial charge in [0.1, 0.15) is 12.4 Å². The van der Waals surface area contributed by atoms with Gasteiger partial charge in [-0.25, -0.2) is 4.39 Å². The molecule has 0 aromatic heterocycles. The van der Waals surface area contributed by atoms with Crippen molar-refractivity contribution in [2.45, 2.75) is 13.0 Å². The summed E-state index contributed by atoms with van der Waals surface area (Å²) in [4.78, 5) is 27.5. The second-order valence-electron chi connectivity index (χ2n) is 7.03. The Balaban J connectivity index is 1.88. The van der Waals surface area contributed by atoms with Crippen molar-refractivity contribution < 1.29 is 14.0 Å². The first-order chi connectivity index (χ1) is 13.9. The van der Waals surface area contributed by atoms with Crippen molar-refractivity contribution in [3.63, 3.8) is 0 Å². The van der Waals surface area contributed by atoms with Crippen molar-refractivity contribution in [2.75, 3.05) is 11.9 Å². The van der Waals surface area contributed by atoms with E-state index < -0.39 is 6.04 Å². The molecule has 0 spiro atoms. The summed E-state index contributed by atoms with van der Waals surface area (Å²) < 4.78 is 13.6. The van der Waals surface area contributed by atoms with E-state index in [4.69, 9.17) is 11.6 Å². The highest BCUT2D eigenvalue weighted by molar-refractivity contribution is 6.30. The number of nitrogens with zero attached hydrogens (tertiary/aromatic N) is 1. The van der Waals surface area contributed by atoms with Gasteiger partial charge in [0.15, 0.2) is 0 Å². The Morgan fingerprint density at radius 3 is 2.45 bits per heavy atom. The molecule has 4 rings (SSSR count). The summed E-state index contributed by atoms with van der Waals surface area (Å²) in [5.41, 5.74) is 3.56. The van der Waals surface area contributed by atoms with Crippen LogP contribution in [0.1, 0.15) is 33.1 Å². The number of rotatable bonds is 2. The van der Waals surface area contributed by atoms with E-state index in [1.54, 1.807) is 36.4 Å². The van der Waals surface area contributed by atoms with Crippen molar-refractivity contribution in [2.24, 2.45) is 0 Å². The molecule has 1 atom stereocenters. The third-order valence-corrected chi connectivity index (χ3v) is 5.19. The molecule has 0 bridgehead atoms. The third-order valence-electron chi connectivity index (χ3n) is 4.94. The van der Waals surface area contributed by atoms with Crippen LogP contribution in [-0.2, 0) is 4.79 Å². The normalized spacial score (nSPS) is 16.0. The summed E-state index contributed by atoms with van der Waals surface area (Å²) in [5, 5.41) is 3.40. The predicted molar refractivity (Wildman–Crippen MR) is 111 cm³/mol. The van der Waals surface area contributed by atoms with Crippen LogP contribution < -0.4 is 5.32 Å². The van der Waals surface area contributed by atoms with Crippen LogP contribution in [0.25, 0.3) is 0 Å². The molecule has 29 heavy (non-hydrogen) atoms. The van der Waals surface area contributed by atoms with E-state index in [0.717, 1.165) is 16.7 Å². The maximum atomic E-state index is 13.6. The summed E-state index contributed by atoms with van der Waals surface area (Å²) in [6.45, 7) is 1.82. The molecule has 1 aliphatic heterocycles. The number of carbonyl (C=O) groups excluding carboxylic acids is 2. The van der Waals surface area contributed by atoms with Gasteiger partial charge in [-0.2, -0.15) is 0 Å². The molecule has 146 valence electrons. The van der Waals surface area contributed by atoms with Gasteiger partial charge in [-0.05, 0) is 55.0 Å². The van der Waals surface area contributed by atoms with Crippen LogP contribution in [0.4, 0.5) is 10.1 Å². The van der Waals surface area contributed by atoms with Gasteiger partial charge in [-0.1, -0.05) is 41.4 Å². The Morgan fingerprint density at radius 2 is 1.76 bits per heavy atom. The smallest absolute Gasteiger partial charge is 0.255 e. The van der Waals surface area contributed by atoms with Gasteiger partial charge in [0.25, 0.3) is 5.91 Å². The van der Waals surface area contributed by atoms with E-state index >= 15 is 0 Å². The molecule has 0 unspecified atom stereocenters. The number of aryl methyl sites for hydroxylation is 1. The molecule has 0 aliphatic carbocycles. The molecule has 0 fully saturated rings. The zero-order valence-electron chi connectivity index (χ0n) is 15.7. The minimum atomic E-state index is -0.548. The molecule has 0 radical (unpaired) electrons. The highest BCUT2D eigenvalue weighted by Gasteiger charge is 2.34. The molecule has 6 heteroatoms. The van der Waals surface area contributed by atoms with Crippen molar-refractivity contribution in [3.05, 3.63) is 99.8 Å². The fraction of sp³-hybridized carbons (Fsp3) is 0.130. The number of amides is 2. The first-order valence-electron chi connectivity index (χ1n) is 9.15. The van der Waals surface area contributed by atoms with Gasteiger partial charge in [0, 0.05) is 21.8 Å². The lowest BCUT2D eigenvalue weighted by molar-refractivity contribution is -0.117. The largest absolute Gasteiger partial charge is 0.324 e. The molecule has 3 aromatic rings. The number of nitrogens with one attached hydrogen (secondary N) is 1. The van der Waals surface area contributed by atoms with Gasteiger partial charge >= 0.3 is 0 Å². The van der Waals surface area contributed by atoms with E-state index in [0.29, 0.717) is 16.3 Å². The minimum absolute atomic E-state index is 0.128. The molecule has 2 amide bonds. The highest BCUT2D eigenvalue weighted by Crippen LogP contribution is 2.37. The van der Waals surface area contributed by atoms with Crippen LogP contribution in [0, 0.1) is 12.7 Å². The molecule has 0 saturated carbocycles. The number of hydrogen-bond acceptors (Lipinski definition) is 2. The van der Waals surface area contributed by atoms with Crippen LogP contribution in [0.3, 0.4) is 0 Å². The van der Waals surface area contributed by atoms with Crippen LogP contribution in [0.15, 0.2) is 66.7 Å². The molecule has 4 nitrogen and oxygen atoms in total. The number of fused-ring (bicyclic) bond motifs is 1. The fourth-order valence-corrected chi connectivity index (χ4v) is 3.70. The Bertz CT molecular complexity index is 1080. The predicted octanol–water partition coefficient (Wildman–Crippen LogP) is 4.97. The van der Waals surface area contributed by atoms with E-state index in [-0.39, 0.29) is 24.2 Å². The quantitative estimate of drug-likeness (QED) is 0.650. The summed E-state index contributed by atoms with van der Waals surface area (Å²) >= 11 is 5.95. The van der Waals surface area contributed by atoms with Gasteiger partial charge < -0.3 is 10.2 Å². The monoisotopic (exact) mass is 408 g/mol. The minimum Gasteiger partial charge on any atom is -0.324 e. The number of hydrogen-bond donors (Lipinski definition) is 1. The summed E-state index contributed by atoms with van der Waals surface area (Å²) in [5.74, 6) is -0.959. The molecule has 3 aromatic carbocycles. The average Bonchev–Trinajstić information content (AvgIpc) is 2.84. The van der Waals surface area contributed by atoms with Crippen LogP contribution >= 0.6 is 11.6 Å². The zero-order valence-corrected chi connectivity index (χ0v) is 16.4. The molecular weight excluding hydrogens is 391 g/mol. The van der Waals surface area contributed by atoms with Gasteiger partial charge in [-0.15, -0.1) is 0 Å². The topological polar surface area (TPSA) is 49.4 Å². The Kier molecular flexibility index (Phi) is 5.07. The van der Waals surface area contributed by atoms with Gasteiger partial charge in [0.2, 0.25) is 5.91 Å². The van der Waals surface area contributed by atoms with E-state index in [9.17, 15) is 14.0 Å². The van der Waals surface area contributed by atoms with E-state index in [2.05, 4.69) is 5.32 Å². The third kappa shape index (κ3) is 3.87. The zero-order chi connectivity index (χ0) is 20.5. The van der Waals surface area contributed by atoms with Crippen molar-refractivity contribution in [1.82, 2.24) is 4.90 Å². The second-order valence-corrected chi connectivity index (χ2v) is 7.47. The van der Waals surface area contributed by atoms with Gasteiger partial charge in [0.05, 0.1) is 6.04 Å². The van der Waals surface area contributed by atoms with Crippen molar-refractivity contribution >= 4 is 29.1 Å². The fourth-order valence-electron chi connectivity index (χ4n) is 3.58. The summed E-state index contributed by atoms with van der Waals surface area (Å²) in [6.07, 6.45) is 0. The Hall–Kier alpha value is -3.18. The van der Waals surface area contributed by atoms with Crippen molar-refractivity contribution in [3.8, 4) is 0 Å². The number of anilines is 1. The SMILES string of the molecule is Cc1ccc2c(c1)[C@H](c1ccc(F)cc1)N(C(=O)c1ccc(Cl)cc1)CC(=O)N2. The summed E-state index contributed by atoms with van der Waals surface area (Å²) in [6, 6.07) is 17.7. The Morgan fingerprint density at radius 1 is 1.07 bits per heavy atom. The van der Waals surface area contributed by atoms with Crippen molar-refractivity contribution in [1.29, 1.82) is 0 Å². The maximum Gasteiger partial charge on any atom is 0.255 e. The lowest BCUT2D eigenvalue weighted by atomic mass is 9.94. The van der Waals surface area contributed by atoms with Crippen LogP contribution in [0.2, 0.25) is 5.02 Å². The average molecular weight is 409 g/mol. The lowest BCUT2D eigenvalue weighted by Crippen LogP contribution is -2.39. The first kappa shape index (κ1) is 19.2. The van der Waals surface area contributed by atoms with Crippen LogP contribution in [-0.4, -0.2) is 23.3 Å². The number of benzene rings is 3. The number of carbonyl (C=O) groups is 2. The number of halogens is 2. The highest BCUT2D eigenvalue weighted by atomic mass is 35.5. The van der Waals surface area contributed by atoms with E-state index in [1.165, 1.54) is 17.0 Å². The molecule has 1 heterocycles. The van der Waals surface area contributed by atoms with Crippen LogP contribution in [0.5, 0.6) is 0 Å². The first-order valence-corrected chi connectivity index (χ1v) is 9.52. The Labute approximate surface area is 172 Å². The molecular formula is C23H18ClFN2O2. The molecule has 1 aliphatic rings. The lowest BCUT2D eigenvalue weighted by Gasteiger charge is -2.31. The standard InChI is InChI=1S/C23H18ClFN2O2/c1-14-2-11-20-19(12-14)22(15-5-9-18(25)10-6-15)27(13-21(28)26-20)23(29)16-3-7-17(24)8-4-16/h2-12,22H,13H2,1H3,(H,26,28)/t22-/m0/s1. The maximum absolute atomic E-state index is 13.6. The summed E-state index contributed by atoms with van der Waals surface area (Å²) in [7, 11) is 0. The van der Waals surface area contributed by atoms with Gasteiger partial charge in [-0.3, -0.25) is 9.59 Å². The van der Waals surface area contributed by atoms with E-state index in [1.807, 2.05) is 25.1 Å². The molecule has 1 N–H and O–H groups in total. The second kappa shape index (κ2) is 7.68.